The number of anilines is 1. The van der Waals surface area contributed by atoms with Crippen molar-refractivity contribution in [2.45, 2.75) is 20.4 Å². The number of hydrogen-bond donors (Lipinski definition) is 1. The molecule has 0 saturated carbocycles. The average Bonchev–Trinajstić information content (AvgIpc) is 2.96. The van der Waals surface area contributed by atoms with Crippen LogP contribution >= 0.6 is 0 Å². The highest BCUT2D eigenvalue weighted by Gasteiger charge is 2.17. The minimum Gasteiger partial charge on any atom is -0.424 e. The zero-order valence-electron chi connectivity index (χ0n) is 11.5. The Hall–Kier alpha value is -2.56. The first-order valence-corrected chi connectivity index (χ1v) is 6.45. The maximum atomic E-state index is 5.54. The van der Waals surface area contributed by atoms with E-state index in [-0.39, 0.29) is 6.01 Å². The predicted octanol–water partition coefficient (Wildman–Crippen LogP) is 2.79. The summed E-state index contributed by atoms with van der Waals surface area (Å²) in [5.41, 5.74) is 9.67. The highest BCUT2D eigenvalue weighted by Crippen LogP contribution is 2.28. The molecule has 0 aliphatic carbocycles. The molecule has 0 aliphatic rings. The fraction of sp³-hybridized carbons (Fsp3) is 0.200. The van der Waals surface area contributed by atoms with Crippen molar-refractivity contribution in [2.24, 2.45) is 0 Å². The van der Waals surface area contributed by atoms with Crippen LogP contribution in [0, 0.1) is 13.8 Å². The fourth-order valence-corrected chi connectivity index (χ4v) is 2.37. The van der Waals surface area contributed by atoms with Crippen LogP contribution < -0.4 is 5.73 Å². The monoisotopic (exact) mass is 268 g/mol. The third-order valence-corrected chi connectivity index (χ3v) is 3.33. The first kappa shape index (κ1) is 12.5. The predicted molar refractivity (Wildman–Crippen MR) is 77.2 cm³/mol. The lowest BCUT2D eigenvalue weighted by atomic mass is 10.1. The van der Waals surface area contributed by atoms with Crippen molar-refractivity contribution in [1.29, 1.82) is 0 Å². The van der Waals surface area contributed by atoms with Gasteiger partial charge in [0.2, 0.25) is 0 Å². The van der Waals surface area contributed by atoms with Crippen LogP contribution in [0.3, 0.4) is 0 Å². The Balaban J connectivity index is 1.99. The van der Waals surface area contributed by atoms with E-state index in [4.69, 9.17) is 10.2 Å². The van der Waals surface area contributed by atoms with Gasteiger partial charge in [-0.05, 0) is 19.4 Å². The molecule has 2 heterocycles. The van der Waals surface area contributed by atoms with Gasteiger partial charge in [-0.3, -0.25) is 4.68 Å². The van der Waals surface area contributed by atoms with E-state index in [0.29, 0.717) is 5.76 Å². The van der Waals surface area contributed by atoms with Crippen LogP contribution in [0.4, 0.5) is 6.01 Å². The van der Waals surface area contributed by atoms with Gasteiger partial charge >= 0.3 is 0 Å². The Labute approximate surface area is 117 Å². The number of benzene rings is 1. The van der Waals surface area contributed by atoms with E-state index < -0.39 is 0 Å². The molecule has 0 spiro atoms. The first-order chi connectivity index (χ1) is 9.65. The van der Waals surface area contributed by atoms with Gasteiger partial charge < -0.3 is 10.2 Å². The van der Waals surface area contributed by atoms with Gasteiger partial charge in [-0.25, -0.2) is 4.98 Å². The second-order valence-electron chi connectivity index (χ2n) is 4.75. The number of nitrogen functional groups attached to an aromatic ring is 1. The molecule has 0 aliphatic heterocycles. The molecule has 1 aromatic carbocycles. The van der Waals surface area contributed by atoms with E-state index in [9.17, 15) is 0 Å². The lowest BCUT2D eigenvalue weighted by Gasteiger charge is -2.04. The van der Waals surface area contributed by atoms with Crippen molar-refractivity contribution in [3.05, 3.63) is 53.5 Å². The zero-order chi connectivity index (χ0) is 14.1. The lowest BCUT2D eigenvalue weighted by molar-refractivity contribution is 0.593. The van der Waals surface area contributed by atoms with Crippen molar-refractivity contribution < 1.29 is 4.42 Å². The van der Waals surface area contributed by atoms with Gasteiger partial charge in [-0.15, -0.1) is 0 Å². The molecule has 3 aromatic rings. The molecule has 5 nitrogen and oxygen atoms in total. The van der Waals surface area contributed by atoms with Gasteiger partial charge in [-0.2, -0.15) is 5.10 Å². The minimum atomic E-state index is 0.176. The van der Waals surface area contributed by atoms with Crippen LogP contribution in [0.25, 0.3) is 11.3 Å². The number of nitrogens with two attached hydrogens (primary N) is 1. The molecule has 0 saturated heterocycles. The standard InChI is InChI=1S/C15H16N4O/c1-10-14(13-8-17-15(16)20-13)11(2)19(18-10)9-12-6-4-3-5-7-12/h3-8H,9H2,1-2H3,(H2,16,17). The van der Waals surface area contributed by atoms with Crippen LogP contribution in [0.5, 0.6) is 0 Å². The van der Waals surface area contributed by atoms with Crippen molar-refractivity contribution >= 4 is 6.01 Å². The third-order valence-electron chi connectivity index (χ3n) is 3.33. The van der Waals surface area contributed by atoms with Crippen LogP contribution in [0.2, 0.25) is 0 Å². The lowest BCUT2D eigenvalue weighted by Crippen LogP contribution is -2.03. The Morgan fingerprint density at radius 1 is 1.20 bits per heavy atom. The van der Waals surface area contributed by atoms with Crippen molar-refractivity contribution in [1.82, 2.24) is 14.8 Å². The molecule has 5 heteroatoms. The van der Waals surface area contributed by atoms with E-state index in [2.05, 4.69) is 22.2 Å². The molecule has 20 heavy (non-hydrogen) atoms. The van der Waals surface area contributed by atoms with Crippen LogP contribution in [-0.4, -0.2) is 14.8 Å². The summed E-state index contributed by atoms with van der Waals surface area (Å²) in [6.45, 7) is 4.72. The van der Waals surface area contributed by atoms with Gasteiger partial charge in [-0.1, -0.05) is 30.3 Å². The van der Waals surface area contributed by atoms with Gasteiger partial charge in [0.05, 0.1) is 24.0 Å². The van der Waals surface area contributed by atoms with Crippen molar-refractivity contribution in [3.63, 3.8) is 0 Å². The molecule has 3 rings (SSSR count). The number of rotatable bonds is 3. The zero-order valence-corrected chi connectivity index (χ0v) is 11.5. The maximum Gasteiger partial charge on any atom is 0.292 e. The van der Waals surface area contributed by atoms with Crippen molar-refractivity contribution in [2.75, 3.05) is 5.73 Å². The summed E-state index contributed by atoms with van der Waals surface area (Å²) in [6.07, 6.45) is 1.64. The van der Waals surface area contributed by atoms with E-state index in [1.54, 1.807) is 6.20 Å². The number of aromatic nitrogens is 3. The molecule has 0 fully saturated rings. The van der Waals surface area contributed by atoms with Crippen LogP contribution in [0.1, 0.15) is 17.0 Å². The summed E-state index contributed by atoms with van der Waals surface area (Å²) in [4.78, 5) is 3.94. The average molecular weight is 268 g/mol. The summed E-state index contributed by atoms with van der Waals surface area (Å²) >= 11 is 0. The number of hydrogen-bond acceptors (Lipinski definition) is 4. The summed E-state index contributed by atoms with van der Waals surface area (Å²) in [6, 6.07) is 10.4. The van der Waals surface area contributed by atoms with Gasteiger partial charge in [0.25, 0.3) is 6.01 Å². The van der Waals surface area contributed by atoms with Crippen LogP contribution in [0.15, 0.2) is 40.9 Å². The largest absolute Gasteiger partial charge is 0.424 e. The molecule has 2 N–H and O–H groups in total. The molecule has 102 valence electrons. The van der Waals surface area contributed by atoms with E-state index in [0.717, 1.165) is 23.5 Å². The van der Waals surface area contributed by atoms with Gasteiger partial charge in [0.15, 0.2) is 5.76 Å². The number of nitrogens with zero attached hydrogens (tertiary/aromatic N) is 3. The molecule has 0 bridgehead atoms. The van der Waals surface area contributed by atoms with Crippen LogP contribution in [-0.2, 0) is 6.54 Å². The van der Waals surface area contributed by atoms with E-state index in [1.807, 2.05) is 36.7 Å². The summed E-state index contributed by atoms with van der Waals surface area (Å²) in [5, 5.41) is 4.58. The molecule has 0 unspecified atom stereocenters. The molecule has 0 radical (unpaired) electrons. The van der Waals surface area contributed by atoms with Gasteiger partial charge in [0.1, 0.15) is 0 Å². The summed E-state index contributed by atoms with van der Waals surface area (Å²) < 4.78 is 7.38. The Morgan fingerprint density at radius 3 is 2.60 bits per heavy atom. The Bertz CT molecular complexity index is 728. The highest BCUT2D eigenvalue weighted by atomic mass is 16.4. The Morgan fingerprint density at radius 2 is 1.95 bits per heavy atom. The first-order valence-electron chi connectivity index (χ1n) is 6.45. The topological polar surface area (TPSA) is 69.9 Å². The Kier molecular flexibility index (Phi) is 3.02. The highest BCUT2D eigenvalue weighted by molar-refractivity contribution is 5.63. The molecular weight excluding hydrogens is 252 g/mol. The van der Waals surface area contributed by atoms with E-state index in [1.165, 1.54) is 5.56 Å². The normalized spacial score (nSPS) is 10.9. The summed E-state index contributed by atoms with van der Waals surface area (Å²) in [7, 11) is 0. The number of oxazole rings is 1. The van der Waals surface area contributed by atoms with Crippen molar-refractivity contribution in [3.8, 4) is 11.3 Å². The molecule has 2 aromatic heterocycles. The molecule has 0 atom stereocenters. The SMILES string of the molecule is Cc1nn(Cc2ccccc2)c(C)c1-c1cnc(N)o1. The third kappa shape index (κ3) is 2.18. The molecular formula is C15H16N4O. The quantitative estimate of drug-likeness (QED) is 0.793. The van der Waals surface area contributed by atoms with E-state index >= 15 is 0 Å². The van der Waals surface area contributed by atoms with Gasteiger partial charge in [0, 0.05) is 5.69 Å². The molecule has 0 amide bonds. The second-order valence-corrected chi connectivity index (χ2v) is 4.75. The maximum absolute atomic E-state index is 5.54. The second kappa shape index (κ2) is 4.85. The summed E-state index contributed by atoms with van der Waals surface area (Å²) in [5.74, 6) is 0.664. The minimum absolute atomic E-state index is 0.176. The number of aryl methyl sites for hydroxylation is 1. The fourth-order valence-electron chi connectivity index (χ4n) is 2.37. The smallest absolute Gasteiger partial charge is 0.292 e.